The Morgan fingerprint density at radius 2 is 2.21 bits per heavy atom. The molecule has 2 atom stereocenters. The first-order chi connectivity index (χ1) is 9.04. The van der Waals surface area contributed by atoms with E-state index in [0.717, 1.165) is 25.0 Å². The van der Waals surface area contributed by atoms with Crippen molar-refractivity contribution >= 4 is 28.3 Å². The highest BCUT2D eigenvalue weighted by Crippen LogP contribution is 2.34. The van der Waals surface area contributed by atoms with E-state index >= 15 is 0 Å². The zero-order valence-electron chi connectivity index (χ0n) is 10.5. The molecular formula is C12H16N4O2S. The van der Waals surface area contributed by atoms with Crippen LogP contribution in [-0.2, 0) is 22.4 Å². The van der Waals surface area contributed by atoms with E-state index in [1.807, 2.05) is 0 Å². The highest BCUT2D eigenvalue weighted by atomic mass is 32.1. The van der Waals surface area contributed by atoms with Gasteiger partial charge in [0.1, 0.15) is 0 Å². The zero-order chi connectivity index (χ0) is 13.6. The van der Waals surface area contributed by atoms with E-state index < -0.39 is 11.8 Å². The first-order valence-electron chi connectivity index (χ1n) is 6.38. The molecule has 19 heavy (non-hydrogen) atoms. The summed E-state index contributed by atoms with van der Waals surface area (Å²) in [5, 5.41) is 0.688. The van der Waals surface area contributed by atoms with Crippen LogP contribution in [0.3, 0.4) is 0 Å². The first-order valence-corrected chi connectivity index (χ1v) is 7.20. The molecule has 2 aliphatic rings. The van der Waals surface area contributed by atoms with Crippen LogP contribution in [0.25, 0.3) is 0 Å². The van der Waals surface area contributed by atoms with Gasteiger partial charge in [-0.15, -0.1) is 11.3 Å². The fourth-order valence-electron chi connectivity index (χ4n) is 2.59. The van der Waals surface area contributed by atoms with Gasteiger partial charge in [0.2, 0.25) is 11.8 Å². The molecule has 2 heterocycles. The number of primary amides is 1. The van der Waals surface area contributed by atoms with Crippen LogP contribution in [-0.4, -0.2) is 29.4 Å². The van der Waals surface area contributed by atoms with Crippen molar-refractivity contribution in [3.8, 4) is 0 Å². The Morgan fingerprint density at radius 1 is 1.42 bits per heavy atom. The van der Waals surface area contributed by atoms with Crippen LogP contribution in [0, 0.1) is 5.92 Å². The third kappa shape index (κ3) is 2.23. The molecular weight excluding hydrogens is 264 g/mol. The van der Waals surface area contributed by atoms with Crippen LogP contribution in [0.1, 0.15) is 23.4 Å². The van der Waals surface area contributed by atoms with Gasteiger partial charge in [0.15, 0.2) is 5.13 Å². The van der Waals surface area contributed by atoms with Gasteiger partial charge in [-0.1, -0.05) is 0 Å². The van der Waals surface area contributed by atoms with Gasteiger partial charge in [-0.2, -0.15) is 0 Å². The number of carbonyl (C=O) groups excluding carboxylic acids is 2. The molecule has 3 rings (SSSR count). The summed E-state index contributed by atoms with van der Waals surface area (Å²) in [6, 6.07) is 0.188. The SMILES string of the molecule is NC(=O)C1CC(=O)N(c2nc3c(s2)C[C@@H](N)CC3)C1. The standard InChI is InChI=1S/C12H16N4O2S/c13-7-1-2-8-9(4-7)19-12(15-8)16-5-6(11(14)18)3-10(16)17/h6-7H,1-5,13H2,(H2,14,18)/t6?,7-/m0/s1. The van der Waals surface area contributed by atoms with Crippen LogP contribution in [0.4, 0.5) is 5.13 Å². The number of aryl methyl sites for hydroxylation is 1. The minimum atomic E-state index is -0.417. The normalized spacial score (nSPS) is 26.6. The fraction of sp³-hybridized carbons (Fsp3) is 0.583. The minimum Gasteiger partial charge on any atom is -0.369 e. The lowest BCUT2D eigenvalue weighted by Crippen LogP contribution is -2.28. The molecule has 2 amide bonds. The molecule has 0 bridgehead atoms. The van der Waals surface area contributed by atoms with E-state index in [1.54, 1.807) is 4.90 Å². The molecule has 1 aromatic rings. The van der Waals surface area contributed by atoms with Crippen molar-refractivity contribution in [2.75, 3.05) is 11.4 Å². The number of hydrogen-bond donors (Lipinski definition) is 2. The zero-order valence-corrected chi connectivity index (χ0v) is 11.3. The largest absolute Gasteiger partial charge is 0.369 e. The average molecular weight is 280 g/mol. The van der Waals surface area contributed by atoms with Crippen LogP contribution in [0.2, 0.25) is 0 Å². The molecule has 0 spiro atoms. The predicted molar refractivity (Wildman–Crippen MR) is 71.8 cm³/mol. The van der Waals surface area contributed by atoms with Crippen molar-refractivity contribution in [1.82, 2.24) is 4.98 Å². The van der Waals surface area contributed by atoms with Gasteiger partial charge in [-0.05, 0) is 19.3 Å². The molecule has 1 saturated heterocycles. The molecule has 0 aromatic carbocycles. The van der Waals surface area contributed by atoms with E-state index in [9.17, 15) is 9.59 Å². The van der Waals surface area contributed by atoms with Crippen molar-refractivity contribution in [1.29, 1.82) is 0 Å². The maximum atomic E-state index is 11.9. The van der Waals surface area contributed by atoms with E-state index in [4.69, 9.17) is 11.5 Å². The van der Waals surface area contributed by atoms with Gasteiger partial charge >= 0.3 is 0 Å². The lowest BCUT2D eigenvalue weighted by atomic mass is 9.99. The van der Waals surface area contributed by atoms with Gasteiger partial charge in [0.25, 0.3) is 0 Å². The summed E-state index contributed by atoms with van der Waals surface area (Å²) < 4.78 is 0. The maximum Gasteiger partial charge on any atom is 0.229 e. The second-order valence-corrected chi connectivity index (χ2v) is 6.24. The number of rotatable bonds is 2. The molecule has 1 aromatic heterocycles. The molecule has 1 fully saturated rings. The number of hydrogen-bond acceptors (Lipinski definition) is 5. The van der Waals surface area contributed by atoms with Gasteiger partial charge in [-0.25, -0.2) is 4.98 Å². The Balaban J connectivity index is 1.83. The number of thiazole rings is 1. The summed E-state index contributed by atoms with van der Waals surface area (Å²) in [5.41, 5.74) is 12.3. The summed E-state index contributed by atoms with van der Waals surface area (Å²) in [6.45, 7) is 0.354. The Morgan fingerprint density at radius 3 is 2.89 bits per heavy atom. The summed E-state index contributed by atoms with van der Waals surface area (Å²) in [6.07, 6.45) is 2.83. The molecule has 1 aliphatic carbocycles. The van der Waals surface area contributed by atoms with Crippen molar-refractivity contribution in [2.24, 2.45) is 17.4 Å². The van der Waals surface area contributed by atoms with Gasteiger partial charge in [0, 0.05) is 23.9 Å². The highest BCUT2D eigenvalue weighted by molar-refractivity contribution is 7.16. The second-order valence-electron chi connectivity index (χ2n) is 5.18. The smallest absolute Gasteiger partial charge is 0.229 e. The van der Waals surface area contributed by atoms with Crippen LogP contribution in [0.15, 0.2) is 0 Å². The Bertz CT molecular complexity index is 542. The van der Waals surface area contributed by atoms with E-state index in [2.05, 4.69) is 4.98 Å². The lowest BCUT2D eigenvalue weighted by molar-refractivity contribution is -0.123. The van der Waals surface area contributed by atoms with Crippen molar-refractivity contribution in [3.05, 3.63) is 10.6 Å². The molecule has 7 heteroatoms. The van der Waals surface area contributed by atoms with Gasteiger partial charge in [-0.3, -0.25) is 14.5 Å². The molecule has 0 radical (unpaired) electrons. The lowest BCUT2D eigenvalue weighted by Gasteiger charge is -2.15. The van der Waals surface area contributed by atoms with Crippen LogP contribution in [0.5, 0.6) is 0 Å². The molecule has 1 unspecified atom stereocenters. The molecule has 0 saturated carbocycles. The van der Waals surface area contributed by atoms with Crippen molar-refractivity contribution in [3.63, 3.8) is 0 Å². The third-order valence-corrected chi connectivity index (χ3v) is 4.87. The van der Waals surface area contributed by atoms with Crippen LogP contribution < -0.4 is 16.4 Å². The van der Waals surface area contributed by atoms with E-state index in [1.165, 1.54) is 16.2 Å². The number of amides is 2. The Kier molecular flexibility index (Phi) is 3.02. The summed E-state index contributed by atoms with van der Waals surface area (Å²) in [7, 11) is 0. The Labute approximate surface area is 114 Å². The number of fused-ring (bicyclic) bond motifs is 1. The summed E-state index contributed by atoms with van der Waals surface area (Å²) in [5.74, 6) is -0.880. The van der Waals surface area contributed by atoms with Gasteiger partial charge < -0.3 is 11.5 Å². The van der Waals surface area contributed by atoms with Gasteiger partial charge in [0.05, 0.1) is 11.6 Å². The maximum absolute atomic E-state index is 11.9. The highest BCUT2D eigenvalue weighted by Gasteiger charge is 2.36. The third-order valence-electron chi connectivity index (χ3n) is 3.72. The van der Waals surface area contributed by atoms with Crippen molar-refractivity contribution < 1.29 is 9.59 Å². The number of nitrogens with two attached hydrogens (primary N) is 2. The molecule has 102 valence electrons. The summed E-state index contributed by atoms with van der Waals surface area (Å²) >= 11 is 1.52. The Hall–Kier alpha value is -1.47. The number of aromatic nitrogens is 1. The number of anilines is 1. The number of carbonyl (C=O) groups is 2. The topological polar surface area (TPSA) is 102 Å². The van der Waals surface area contributed by atoms with E-state index in [0.29, 0.717) is 11.7 Å². The van der Waals surface area contributed by atoms with E-state index in [-0.39, 0.29) is 18.4 Å². The average Bonchev–Trinajstić information content (AvgIpc) is 2.91. The quantitative estimate of drug-likeness (QED) is 0.783. The van der Waals surface area contributed by atoms with Crippen molar-refractivity contribution in [2.45, 2.75) is 31.7 Å². The number of nitrogens with zero attached hydrogens (tertiary/aromatic N) is 2. The monoisotopic (exact) mass is 280 g/mol. The second kappa shape index (κ2) is 4.57. The molecule has 6 nitrogen and oxygen atoms in total. The fourth-order valence-corrected chi connectivity index (χ4v) is 3.81. The van der Waals surface area contributed by atoms with Crippen LogP contribution >= 0.6 is 11.3 Å². The molecule has 1 aliphatic heterocycles. The summed E-state index contributed by atoms with van der Waals surface area (Å²) in [4.78, 5) is 30.4. The minimum absolute atomic E-state index is 0.0702. The predicted octanol–water partition coefficient (Wildman–Crippen LogP) is -0.203. The first kappa shape index (κ1) is 12.6. The molecule has 4 N–H and O–H groups in total.